The van der Waals surface area contributed by atoms with Crippen molar-refractivity contribution in [1.82, 2.24) is 10.3 Å². The molecule has 1 N–H and O–H groups in total. The Hall–Kier alpha value is -2.06. The minimum atomic E-state index is -0.432. The zero-order valence-corrected chi connectivity index (χ0v) is 12.5. The molecule has 0 aromatic carbocycles. The maximum atomic E-state index is 11.7. The van der Waals surface area contributed by atoms with Gasteiger partial charge in [-0.2, -0.15) is 5.26 Å². The van der Waals surface area contributed by atoms with Crippen LogP contribution in [-0.4, -0.2) is 15.9 Å². The SMILES string of the molecule is CC(C)(C)c1ccc(C2=C(C#N)C(=O)NC(=S)C2)cn1. The van der Waals surface area contributed by atoms with Gasteiger partial charge in [0.1, 0.15) is 11.6 Å². The Morgan fingerprint density at radius 3 is 2.60 bits per heavy atom. The van der Waals surface area contributed by atoms with Crippen LogP contribution in [0, 0.1) is 11.3 Å². The van der Waals surface area contributed by atoms with Crippen LogP contribution in [0.1, 0.15) is 38.4 Å². The Labute approximate surface area is 123 Å². The van der Waals surface area contributed by atoms with E-state index in [2.05, 4.69) is 31.1 Å². The summed E-state index contributed by atoms with van der Waals surface area (Å²) in [5.74, 6) is -0.432. The van der Waals surface area contributed by atoms with E-state index in [0.29, 0.717) is 17.0 Å². The number of hydrogen-bond donors (Lipinski definition) is 1. The quantitative estimate of drug-likeness (QED) is 0.805. The molecule has 1 aromatic rings. The zero-order valence-electron chi connectivity index (χ0n) is 11.7. The summed E-state index contributed by atoms with van der Waals surface area (Å²) in [5.41, 5.74) is 2.46. The van der Waals surface area contributed by atoms with Crippen molar-refractivity contribution < 1.29 is 4.79 Å². The third-order valence-corrected chi connectivity index (χ3v) is 3.36. The van der Waals surface area contributed by atoms with E-state index in [9.17, 15) is 4.79 Å². The molecule has 0 unspecified atom stereocenters. The van der Waals surface area contributed by atoms with Crippen LogP contribution >= 0.6 is 12.2 Å². The minimum absolute atomic E-state index is 0.0375. The molecule has 1 amide bonds. The lowest BCUT2D eigenvalue weighted by Crippen LogP contribution is -2.34. The Balaban J connectivity index is 2.47. The Morgan fingerprint density at radius 1 is 1.40 bits per heavy atom. The zero-order chi connectivity index (χ0) is 14.9. The molecule has 1 aliphatic heterocycles. The predicted octanol–water partition coefficient (Wildman–Crippen LogP) is 2.50. The monoisotopic (exact) mass is 285 g/mol. The number of amides is 1. The highest BCUT2D eigenvalue weighted by Gasteiger charge is 2.24. The second-order valence-electron chi connectivity index (χ2n) is 5.70. The Morgan fingerprint density at radius 2 is 2.10 bits per heavy atom. The van der Waals surface area contributed by atoms with E-state index >= 15 is 0 Å². The normalized spacial score (nSPS) is 15.9. The highest BCUT2D eigenvalue weighted by molar-refractivity contribution is 7.80. The summed E-state index contributed by atoms with van der Waals surface area (Å²) in [6.45, 7) is 6.24. The molecule has 4 nitrogen and oxygen atoms in total. The average Bonchev–Trinajstić information content (AvgIpc) is 2.37. The van der Waals surface area contributed by atoms with Crippen LogP contribution in [0.5, 0.6) is 0 Å². The lowest BCUT2D eigenvalue weighted by Gasteiger charge is -2.20. The van der Waals surface area contributed by atoms with Gasteiger partial charge in [-0.1, -0.05) is 39.1 Å². The first-order valence-electron chi connectivity index (χ1n) is 6.27. The lowest BCUT2D eigenvalue weighted by atomic mass is 9.90. The highest BCUT2D eigenvalue weighted by Crippen LogP contribution is 2.27. The van der Waals surface area contributed by atoms with Crippen LogP contribution in [0.15, 0.2) is 23.9 Å². The van der Waals surface area contributed by atoms with E-state index in [-0.39, 0.29) is 11.0 Å². The maximum Gasteiger partial charge on any atom is 0.267 e. The first-order valence-corrected chi connectivity index (χ1v) is 6.68. The number of pyridine rings is 1. The molecular weight excluding hydrogens is 270 g/mol. The van der Waals surface area contributed by atoms with Gasteiger partial charge < -0.3 is 5.32 Å². The largest absolute Gasteiger partial charge is 0.315 e. The fourth-order valence-corrected chi connectivity index (χ4v) is 2.24. The Kier molecular flexibility index (Phi) is 3.69. The van der Waals surface area contributed by atoms with Gasteiger partial charge in [0, 0.05) is 23.7 Å². The molecule has 0 fully saturated rings. The van der Waals surface area contributed by atoms with E-state index in [4.69, 9.17) is 17.5 Å². The maximum absolute atomic E-state index is 11.7. The number of aromatic nitrogens is 1. The van der Waals surface area contributed by atoms with Crippen molar-refractivity contribution in [2.45, 2.75) is 32.6 Å². The third-order valence-electron chi connectivity index (χ3n) is 3.11. The van der Waals surface area contributed by atoms with Gasteiger partial charge in [0.15, 0.2) is 0 Å². The molecule has 0 saturated carbocycles. The Bertz CT molecular complexity index is 645. The second kappa shape index (κ2) is 5.14. The number of nitrogens with one attached hydrogen (secondary N) is 1. The van der Waals surface area contributed by atoms with Crippen LogP contribution in [0.3, 0.4) is 0 Å². The summed E-state index contributed by atoms with van der Waals surface area (Å²) in [6, 6.07) is 5.76. The molecule has 2 rings (SSSR count). The first-order chi connectivity index (χ1) is 9.32. The van der Waals surface area contributed by atoms with Crippen LogP contribution in [0.2, 0.25) is 0 Å². The van der Waals surface area contributed by atoms with Crippen molar-refractivity contribution in [3.63, 3.8) is 0 Å². The van der Waals surface area contributed by atoms with Crippen molar-refractivity contribution >= 4 is 28.7 Å². The van der Waals surface area contributed by atoms with Crippen molar-refractivity contribution in [2.24, 2.45) is 0 Å². The summed E-state index contributed by atoms with van der Waals surface area (Å²) >= 11 is 5.05. The van der Waals surface area contributed by atoms with E-state index in [0.717, 1.165) is 11.3 Å². The molecule has 1 aliphatic rings. The van der Waals surface area contributed by atoms with Crippen LogP contribution in [-0.2, 0) is 10.2 Å². The fourth-order valence-electron chi connectivity index (χ4n) is 2.00. The van der Waals surface area contributed by atoms with E-state index in [1.807, 2.05) is 18.2 Å². The van der Waals surface area contributed by atoms with Crippen molar-refractivity contribution in [2.75, 3.05) is 0 Å². The molecule has 2 heterocycles. The van der Waals surface area contributed by atoms with Gasteiger partial charge in [0.05, 0.1) is 4.99 Å². The number of rotatable bonds is 1. The number of nitriles is 1. The third kappa shape index (κ3) is 2.75. The van der Waals surface area contributed by atoms with E-state index < -0.39 is 5.91 Å². The summed E-state index contributed by atoms with van der Waals surface area (Å²) < 4.78 is 0. The number of carbonyl (C=O) groups excluding carboxylic acids is 1. The van der Waals surface area contributed by atoms with Gasteiger partial charge in [0.25, 0.3) is 5.91 Å². The standard InChI is InChI=1S/C15H15N3OS/c1-15(2,3)12-5-4-9(8-17-12)10-6-13(20)18-14(19)11(10)7-16/h4-5,8H,6H2,1-3H3,(H,18,19,20). The summed E-state index contributed by atoms with van der Waals surface area (Å²) in [4.78, 5) is 16.6. The van der Waals surface area contributed by atoms with Crippen LogP contribution in [0.25, 0.3) is 5.57 Å². The van der Waals surface area contributed by atoms with Crippen molar-refractivity contribution in [3.8, 4) is 6.07 Å². The summed E-state index contributed by atoms with van der Waals surface area (Å²) in [5, 5.41) is 11.6. The summed E-state index contributed by atoms with van der Waals surface area (Å²) in [6.07, 6.45) is 2.09. The molecule has 0 bridgehead atoms. The molecule has 5 heteroatoms. The van der Waals surface area contributed by atoms with Gasteiger partial charge in [0.2, 0.25) is 0 Å². The first kappa shape index (κ1) is 14.4. The van der Waals surface area contributed by atoms with Gasteiger partial charge >= 0.3 is 0 Å². The molecule has 102 valence electrons. The predicted molar refractivity (Wildman–Crippen MR) is 80.8 cm³/mol. The van der Waals surface area contributed by atoms with Crippen LogP contribution in [0.4, 0.5) is 0 Å². The fraction of sp³-hybridized carbons (Fsp3) is 0.333. The smallest absolute Gasteiger partial charge is 0.267 e. The van der Waals surface area contributed by atoms with Gasteiger partial charge in [-0.3, -0.25) is 9.78 Å². The van der Waals surface area contributed by atoms with Gasteiger partial charge in [-0.15, -0.1) is 0 Å². The molecule has 0 saturated heterocycles. The molecule has 0 aliphatic carbocycles. The molecule has 0 atom stereocenters. The number of nitrogens with zero attached hydrogens (tertiary/aromatic N) is 2. The van der Waals surface area contributed by atoms with Crippen molar-refractivity contribution in [1.29, 1.82) is 5.26 Å². The van der Waals surface area contributed by atoms with E-state index in [1.54, 1.807) is 6.20 Å². The molecule has 20 heavy (non-hydrogen) atoms. The van der Waals surface area contributed by atoms with E-state index in [1.165, 1.54) is 0 Å². The average molecular weight is 285 g/mol. The molecular formula is C15H15N3OS. The number of thiocarbonyl (C=S) groups is 1. The minimum Gasteiger partial charge on any atom is -0.315 e. The summed E-state index contributed by atoms with van der Waals surface area (Å²) in [7, 11) is 0. The molecule has 1 aromatic heterocycles. The topological polar surface area (TPSA) is 65.8 Å². The lowest BCUT2D eigenvalue weighted by molar-refractivity contribution is -0.115. The van der Waals surface area contributed by atoms with Gasteiger partial charge in [-0.05, 0) is 17.2 Å². The molecule has 0 spiro atoms. The van der Waals surface area contributed by atoms with Gasteiger partial charge in [-0.25, -0.2) is 0 Å². The molecule has 0 radical (unpaired) electrons. The number of hydrogen-bond acceptors (Lipinski definition) is 4. The second-order valence-corrected chi connectivity index (χ2v) is 6.19. The van der Waals surface area contributed by atoms with Crippen molar-refractivity contribution in [3.05, 3.63) is 35.2 Å². The van der Waals surface area contributed by atoms with Crippen LogP contribution < -0.4 is 5.32 Å². The highest BCUT2D eigenvalue weighted by atomic mass is 32.1. The number of carbonyl (C=O) groups is 1.